The Morgan fingerprint density at radius 1 is 1.39 bits per heavy atom. The predicted molar refractivity (Wildman–Crippen MR) is 80.2 cm³/mol. The highest BCUT2D eigenvalue weighted by Crippen LogP contribution is 2.17. The summed E-state index contributed by atoms with van der Waals surface area (Å²) in [5.74, 6) is 0.568. The minimum atomic E-state index is -0.133. The van der Waals surface area contributed by atoms with Gasteiger partial charge in [0.1, 0.15) is 0 Å². The van der Waals surface area contributed by atoms with Crippen molar-refractivity contribution < 1.29 is 4.79 Å². The monoisotopic (exact) mass is 306 g/mol. The molecule has 0 fully saturated rings. The Morgan fingerprint density at radius 2 is 2.00 bits per heavy atom. The van der Waals surface area contributed by atoms with Gasteiger partial charge in [0.15, 0.2) is 5.78 Å². The lowest BCUT2D eigenvalue weighted by molar-refractivity contribution is -0.118. The van der Waals surface area contributed by atoms with Crippen molar-refractivity contribution in [1.82, 2.24) is 0 Å². The third-order valence-electron chi connectivity index (χ3n) is 2.97. The molecule has 0 saturated heterocycles. The first-order chi connectivity index (χ1) is 8.58. The van der Waals surface area contributed by atoms with Gasteiger partial charge in [-0.15, -0.1) is 5.73 Å². The van der Waals surface area contributed by atoms with Crippen LogP contribution in [0.15, 0.2) is 42.7 Å². The van der Waals surface area contributed by atoms with Crippen LogP contribution in [0.2, 0.25) is 0 Å². The van der Waals surface area contributed by atoms with Crippen molar-refractivity contribution in [3.05, 3.63) is 53.8 Å². The zero-order valence-corrected chi connectivity index (χ0v) is 12.5. The van der Waals surface area contributed by atoms with E-state index < -0.39 is 0 Å². The molecule has 0 radical (unpaired) electrons. The molecule has 0 saturated carbocycles. The molecule has 1 unspecified atom stereocenters. The number of allylic oxidation sites excluding steroid dienone is 1. The summed E-state index contributed by atoms with van der Waals surface area (Å²) < 4.78 is 0. The molecule has 1 nitrogen and oxygen atoms in total. The maximum atomic E-state index is 11.7. The van der Waals surface area contributed by atoms with E-state index >= 15 is 0 Å². The molecule has 0 heterocycles. The Kier molecular flexibility index (Phi) is 6.11. The molecule has 96 valence electrons. The smallest absolute Gasteiger partial charge is 0.151 e. The molecule has 18 heavy (non-hydrogen) atoms. The molecular formula is C16H19BrO. The van der Waals surface area contributed by atoms with Crippen molar-refractivity contribution >= 4 is 21.7 Å². The summed E-state index contributed by atoms with van der Waals surface area (Å²) in [4.78, 5) is 11.7. The molecular weight excluding hydrogens is 288 g/mol. The van der Waals surface area contributed by atoms with Gasteiger partial charge in [0.05, 0.1) is 5.33 Å². The second-order valence-electron chi connectivity index (χ2n) is 4.68. The first-order valence-corrected chi connectivity index (χ1v) is 7.24. The quantitative estimate of drug-likeness (QED) is 0.566. The average molecular weight is 307 g/mol. The average Bonchev–Trinajstić information content (AvgIpc) is 2.38. The number of hydrogen-bond donors (Lipinski definition) is 0. The van der Waals surface area contributed by atoms with Crippen LogP contribution in [0, 0.1) is 5.92 Å². The predicted octanol–water partition coefficient (Wildman–Crippen LogP) is 4.27. The van der Waals surface area contributed by atoms with Crippen LogP contribution in [0.5, 0.6) is 0 Å². The Hall–Kier alpha value is -1.11. The van der Waals surface area contributed by atoms with Crippen LogP contribution in [0.25, 0.3) is 0 Å². The van der Waals surface area contributed by atoms with Crippen molar-refractivity contribution in [2.24, 2.45) is 5.92 Å². The van der Waals surface area contributed by atoms with E-state index in [9.17, 15) is 4.79 Å². The number of alkyl halides is 1. The highest BCUT2D eigenvalue weighted by Gasteiger charge is 2.14. The van der Waals surface area contributed by atoms with Crippen molar-refractivity contribution in [3.8, 4) is 0 Å². The minimum absolute atomic E-state index is 0.133. The molecule has 0 spiro atoms. The van der Waals surface area contributed by atoms with Gasteiger partial charge in [-0.1, -0.05) is 60.6 Å². The fourth-order valence-electron chi connectivity index (χ4n) is 1.80. The molecule has 1 atom stereocenters. The van der Waals surface area contributed by atoms with Crippen LogP contribution in [0.3, 0.4) is 0 Å². The van der Waals surface area contributed by atoms with Gasteiger partial charge in [-0.05, 0) is 29.5 Å². The number of ketones is 1. The molecule has 1 aromatic rings. The number of benzene rings is 1. The lowest BCUT2D eigenvalue weighted by atomic mass is 9.94. The first-order valence-electron chi connectivity index (χ1n) is 6.12. The Bertz CT molecular complexity index is 439. The summed E-state index contributed by atoms with van der Waals surface area (Å²) in [6, 6.07) is 8.46. The molecule has 0 N–H and O–H groups in total. The Balaban J connectivity index is 2.81. The van der Waals surface area contributed by atoms with Crippen LogP contribution < -0.4 is 0 Å². The number of halogens is 1. The zero-order valence-electron chi connectivity index (χ0n) is 10.9. The fraction of sp³-hybridized carbons (Fsp3) is 0.375. The number of hydrogen-bond acceptors (Lipinski definition) is 1. The van der Waals surface area contributed by atoms with Crippen molar-refractivity contribution in [1.29, 1.82) is 0 Å². The van der Waals surface area contributed by atoms with Gasteiger partial charge in [0, 0.05) is 5.92 Å². The van der Waals surface area contributed by atoms with E-state index in [-0.39, 0.29) is 11.7 Å². The largest absolute Gasteiger partial charge is 0.298 e. The van der Waals surface area contributed by atoms with Crippen LogP contribution >= 0.6 is 15.9 Å². The summed E-state index contributed by atoms with van der Waals surface area (Å²) in [6.45, 7) is 7.89. The van der Waals surface area contributed by atoms with Crippen LogP contribution in [0.1, 0.15) is 30.9 Å². The van der Waals surface area contributed by atoms with Gasteiger partial charge in [-0.3, -0.25) is 4.79 Å². The normalized spacial score (nSPS) is 12.0. The third-order valence-corrected chi connectivity index (χ3v) is 3.52. The maximum Gasteiger partial charge on any atom is 0.151 e. The van der Waals surface area contributed by atoms with E-state index in [2.05, 4.69) is 66.4 Å². The van der Waals surface area contributed by atoms with E-state index in [1.165, 1.54) is 11.1 Å². The second-order valence-corrected chi connectivity index (χ2v) is 5.24. The SMILES string of the molecule is C=C=CC(Cc1ccc(C(C)C)cc1)C(=O)CBr. The molecule has 0 aliphatic rings. The molecule has 0 aromatic heterocycles. The van der Waals surface area contributed by atoms with E-state index in [4.69, 9.17) is 0 Å². The highest BCUT2D eigenvalue weighted by atomic mass is 79.9. The van der Waals surface area contributed by atoms with Crippen molar-refractivity contribution in [2.75, 3.05) is 5.33 Å². The summed E-state index contributed by atoms with van der Waals surface area (Å²) in [7, 11) is 0. The molecule has 1 rings (SSSR count). The van der Waals surface area contributed by atoms with E-state index in [1.807, 2.05) is 0 Å². The van der Waals surface area contributed by atoms with Gasteiger partial charge in [-0.2, -0.15) is 0 Å². The summed E-state index contributed by atoms with van der Waals surface area (Å²) in [5, 5.41) is 0.375. The van der Waals surface area contributed by atoms with Gasteiger partial charge < -0.3 is 0 Å². The maximum absolute atomic E-state index is 11.7. The number of carbonyl (C=O) groups is 1. The lowest BCUT2D eigenvalue weighted by Gasteiger charge is -2.11. The molecule has 2 heteroatoms. The first kappa shape index (κ1) is 14.9. The minimum Gasteiger partial charge on any atom is -0.298 e. The van der Waals surface area contributed by atoms with E-state index in [1.54, 1.807) is 6.08 Å². The molecule has 0 aliphatic carbocycles. The molecule has 1 aromatic carbocycles. The topological polar surface area (TPSA) is 17.1 Å². The molecule has 0 bridgehead atoms. The Labute approximate surface area is 118 Å². The van der Waals surface area contributed by atoms with Gasteiger partial charge >= 0.3 is 0 Å². The molecule has 0 amide bonds. The van der Waals surface area contributed by atoms with Crippen molar-refractivity contribution in [3.63, 3.8) is 0 Å². The zero-order chi connectivity index (χ0) is 13.5. The van der Waals surface area contributed by atoms with Crippen LogP contribution in [-0.4, -0.2) is 11.1 Å². The third kappa shape index (κ3) is 4.29. The van der Waals surface area contributed by atoms with Crippen LogP contribution in [-0.2, 0) is 11.2 Å². The van der Waals surface area contributed by atoms with Gasteiger partial charge in [0.25, 0.3) is 0 Å². The Morgan fingerprint density at radius 3 is 2.44 bits per heavy atom. The molecule has 0 aliphatic heterocycles. The number of carbonyl (C=O) groups excluding carboxylic acids is 1. The summed E-state index contributed by atoms with van der Waals surface area (Å²) in [6.07, 6.45) is 2.46. The van der Waals surface area contributed by atoms with Gasteiger partial charge in [-0.25, -0.2) is 0 Å². The number of Topliss-reactive ketones (excluding diaryl/α,β-unsaturated/α-hetero) is 1. The lowest BCUT2D eigenvalue weighted by Crippen LogP contribution is -2.15. The summed E-state index contributed by atoms with van der Waals surface area (Å²) in [5.41, 5.74) is 5.21. The highest BCUT2D eigenvalue weighted by molar-refractivity contribution is 9.09. The second kappa shape index (κ2) is 7.35. The van der Waals surface area contributed by atoms with Crippen LogP contribution in [0.4, 0.5) is 0 Å². The summed E-state index contributed by atoms with van der Waals surface area (Å²) >= 11 is 3.21. The standard InChI is InChI=1S/C16H19BrO/c1-4-5-15(16(18)11-17)10-13-6-8-14(9-7-13)12(2)3/h5-9,12,15H,1,10-11H2,2-3H3. The van der Waals surface area contributed by atoms with E-state index in [0.29, 0.717) is 17.7 Å². The number of rotatable bonds is 6. The fourth-order valence-corrected chi connectivity index (χ4v) is 2.22. The van der Waals surface area contributed by atoms with Gasteiger partial charge in [0.2, 0.25) is 0 Å². The van der Waals surface area contributed by atoms with E-state index in [0.717, 1.165) is 0 Å². The van der Waals surface area contributed by atoms with Crippen molar-refractivity contribution in [2.45, 2.75) is 26.2 Å².